The van der Waals surface area contributed by atoms with Crippen LogP contribution in [0.1, 0.15) is 28.9 Å². The predicted octanol–water partition coefficient (Wildman–Crippen LogP) is 2.49. The van der Waals surface area contributed by atoms with Crippen LogP contribution in [0.15, 0.2) is 41.2 Å². The molecule has 2 aliphatic rings. The maximum atomic E-state index is 12.5. The molecule has 1 atom stereocenters. The van der Waals surface area contributed by atoms with Gasteiger partial charge in [-0.15, -0.1) is 11.3 Å². The SMILES string of the molecule is O=C(c1cscn1)N1CCC2(CC1)CN(Cc1ccccc1)CC2CO. The number of aliphatic hydroxyl groups excluding tert-OH is 1. The molecule has 26 heavy (non-hydrogen) atoms. The van der Waals surface area contributed by atoms with Crippen molar-refractivity contribution < 1.29 is 9.90 Å². The van der Waals surface area contributed by atoms with Crippen molar-refractivity contribution in [3.05, 3.63) is 52.5 Å². The highest BCUT2D eigenvalue weighted by atomic mass is 32.1. The number of nitrogens with zero attached hydrogens (tertiary/aromatic N) is 3. The molecule has 3 heterocycles. The summed E-state index contributed by atoms with van der Waals surface area (Å²) >= 11 is 1.46. The van der Waals surface area contributed by atoms with Crippen molar-refractivity contribution in [3.8, 4) is 0 Å². The van der Waals surface area contributed by atoms with Gasteiger partial charge in [-0.3, -0.25) is 9.69 Å². The molecule has 1 amide bonds. The van der Waals surface area contributed by atoms with E-state index >= 15 is 0 Å². The first-order chi connectivity index (χ1) is 12.7. The number of thiazole rings is 1. The van der Waals surface area contributed by atoms with E-state index in [1.165, 1.54) is 16.9 Å². The normalized spacial score (nSPS) is 22.8. The number of aliphatic hydroxyl groups is 1. The molecule has 0 aliphatic carbocycles. The number of amides is 1. The summed E-state index contributed by atoms with van der Waals surface area (Å²) in [5.41, 5.74) is 3.71. The number of hydrogen-bond acceptors (Lipinski definition) is 5. The minimum absolute atomic E-state index is 0.0424. The summed E-state index contributed by atoms with van der Waals surface area (Å²) in [5.74, 6) is 0.337. The van der Waals surface area contributed by atoms with E-state index in [1.54, 1.807) is 5.51 Å². The quantitative estimate of drug-likeness (QED) is 0.897. The van der Waals surface area contributed by atoms with Crippen LogP contribution in [-0.2, 0) is 6.54 Å². The third-order valence-corrected chi connectivity index (χ3v) is 6.64. The van der Waals surface area contributed by atoms with Crippen LogP contribution < -0.4 is 0 Å². The second-order valence-electron chi connectivity index (χ2n) is 7.56. The Hall–Kier alpha value is -1.76. The maximum Gasteiger partial charge on any atom is 0.273 e. The maximum absolute atomic E-state index is 12.5. The number of rotatable bonds is 4. The molecule has 5 nitrogen and oxygen atoms in total. The van der Waals surface area contributed by atoms with E-state index in [0.717, 1.165) is 45.6 Å². The Balaban J connectivity index is 1.41. The summed E-state index contributed by atoms with van der Waals surface area (Å²) < 4.78 is 0. The Labute approximate surface area is 158 Å². The zero-order valence-corrected chi connectivity index (χ0v) is 15.7. The van der Waals surface area contributed by atoms with Crippen molar-refractivity contribution in [2.24, 2.45) is 11.3 Å². The van der Waals surface area contributed by atoms with E-state index in [9.17, 15) is 9.90 Å². The van der Waals surface area contributed by atoms with E-state index < -0.39 is 0 Å². The highest BCUT2D eigenvalue weighted by molar-refractivity contribution is 7.07. The molecule has 2 saturated heterocycles. The van der Waals surface area contributed by atoms with E-state index in [2.05, 4.69) is 34.1 Å². The van der Waals surface area contributed by atoms with Crippen molar-refractivity contribution in [2.75, 3.05) is 32.8 Å². The molecule has 0 radical (unpaired) electrons. The first-order valence-corrected chi connectivity index (χ1v) is 10.2. The standard InChI is InChI=1S/C20H25N3O2S/c24-12-17-11-22(10-16-4-2-1-3-5-16)14-20(17)6-8-23(9-7-20)19(25)18-13-26-15-21-18/h1-5,13,15,17,24H,6-12,14H2. The lowest BCUT2D eigenvalue weighted by atomic mass is 9.71. The van der Waals surface area contributed by atoms with Gasteiger partial charge in [0, 0.05) is 50.6 Å². The lowest BCUT2D eigenvalue weighted by Gasteiger charge is -2.42. The fourth-order valence-corrected chi connectivity index (χ4v) is 5.09. The lowest BCUT2D eigenvalue weighted by molar-refractivity contribution is 0.0398. The zero-order valence-electron chi connectivity index (χ0n) is 14.9. The molecule has 0 bridgehead atoms. The molecule has 6 heteroatoms. The summed E-state index contributed by atoms with van der Waals surface area (Å²) in [4.78, 5) is 21.1. The zero-order chi connectivity index (χ0) is 18.0. The van der Waals surface area contributed by atoms with E-state index in [4.69, 9.17) is 0 Å². The Morgan fingerprint density at radius 2 is 2.04 bits per heavy atom. The van der Waals surface area contributed by atoms with Gasteiger partial charge < -0.3 is 10.0 Å². The monoisotopic (exact) mass is 371 g/mol. The first-order valence-electron chi connectivity index (χ1n) is 9.25. The molecule has 0 saturated carbocycles. The Kier molecular flexibility index (Phi) is 5.07. The van der Waals surface area contributed by atoms with Crippen LogP contribution in [0.2, 0.25) is 0 Å². The van der Waals surface area contributed by atoms with Gasteiger partial charge in [0.05, 0.1) is 5.51 Å². The van der Waals surface area contributed by atoms with Gasteiger partial charge in [-0.2, -0.15) is 0 Å². The minimum atomic E-state index is 0.0424. The van der Waals surface area contributed by atoms with Crippen LogP contribution >= 0.6 is 11.3 Å². The van der Waals surface area contributed by atoms with Crippen molar-refractivity contribution >= 4 is 17.2 Å². The van der Waals surface area contributed by atoms with Gasteiger partial charge in [-0.25, -0.2) is 4.98 Å². The van der Waals surface area contributed by atoms with Gasteiger partial charge >= 0.3 is 0 Å². The van der Waals surface area contributed by atoms with Crippen LogP contribution in [-0.4, -0.2) is 58.6 Å². The fraction of sp³-hybridized carbons (Fsp3) is 0.500. The molecule has 2 fully saturated rings. The molecule has 1 unspecified atom stereocenters. The summed E-state index contributed by atoms with van der Waals surface area (Å²) in [6.45, 7) is 4.61. The molecule has 4 rings (SSSR count). The first kappa shape index (κ1) is 17.6. The number of benzene rings is 1. The highest BCUT2D eigenvalue weighted by Gasteiger charge is 2.48. The van der Waals surface area contributed by atoms with Gasteiger partial charge in [0.25, 0.3) is 5.91 Å². The average molecular weight is 372 g/mol. The number of piperidine rings is 1. The minimum Gasteiger partial charge on any atom is -0.396 e. The Morgan fingerprint density at radius 3 is 2.69 bits per heavy atom. The molecule has 1 N–H and O–H groups in total. The summed E-state index contributed by atoms with van der Waals surface area (Å²) in [7, 11) is 0. The van der Waals surface area contributed by atoms with Crippen LogP contribution in [0.3, 0.4) is 0 Å². The van der Waals surface area contributed by atoms with Crippen LogP contribution in [0.5, 0.6) is 0 Å². The average Bonchev–Trinajstić information content (AvgIpc) is 3.31. The van der Waals surface area contributed by atoms with Gasteiger partial charge in [0.1, 0.15) is 5.69 Å². The fourth-order valence-electron chi connectivity index (χ4n) is 4.56. The van der Waals surface area contributed by atoms with E-state index in [1.807, 2.05) is 16.3 Å². The molecule has 2 aliphatic heterocycles. The molecule has 1 aromatic carbocycles. The number of likely N-dealkylation sites (tertiary alicyclic amines) is 2. The van der Waals surface area contributed by atoms with Gasteiger partial charge in [0.2, 0.25) is 0 Å². The molecule has 2 aromatic rings. The van der Waals surface area contributed by atoms with E-state index in [-0.39, 0.29) is 17.9 Å². The topological polar surface area (TPSA) is 56.7 Å². The second kappa shape index (κ2) is 7.47. The molecular weight excluding hydrogens is 346 g/mol. The van der Waals surface area contributed by atoms with E-state index in [0.29, 0.717) is 11.6 Å². The molecular formula is C20H25N3O2S. The summed E-state index contributed by atoms with van der Waals surface area (Å²) in [5, 5.41) is 11.8. The van der Waals surface area contributed by atoms with Crippen LogP contribution in [0, 0.1) is 11.3 Å². The van der Waals surface area contributed by atoms with Crippen molar-refractivity contribution in [2.45, 2.75) is 19.4 Å². The number of carbonyl (C=O) groups is 1. The molecule has 138 valence electrons. The van der Waals surface area contributed by atoms with Crippen molar-refractivity contribution in [3.63, 3.8) is 0 Å². The molecule has 1 aromatic heterocycles. The third-order valence-electron chi connectivity index (χ3n) is 6.05. The smallest absolute Gasteiger partial charge is 0.273 e. The largest absolute Gasteiger partial charge is 0.396 e. The lowest BCUT2D eigenvalue weighted by Crippen LogP contribution is -2.47. The second-order valence-corrected chi connectivity index (χ2v) is 8.28. The molecule has 1 spiro atoms. The number of aromatic nitrogens is 1. The van der Waals surface area contributed by atoms with Crippen LogP contribution in [0.25, 0.3) is 0 Å². The van der Waals surface area contributed by atoms with Gasteiger partial charge in [-0.05, 0) is 23.8 Å². The van der Waals surface area contributed by atoms with Gasteiger partial charge in [0.15, 0.2) is 0 Å². The number of carbonyl (C=O) groups excluding carboxylic acids is 1. The van der Waals surface area contributed by atoms with Crippen molar-refractivity contribution in [1.82, 2.24) is 14.8 Å². The van der Waals surface area contributed by atoms with Gasteiger partial charge in [-0.1, -0.05) is 30.3 Å². The number of hydrogen-bond donors (Lipinski definition) is 1. The predicted molar refractivity (Wildman–Crippen MR) is 102 cm³/mol. The summed E-state index contributed by atoms with van der Waals surface area (Å²) in [6, 6.07) is 10.5. The highest BCUT2D eigenvalue weighted by Crippen LogP contribution is 2.45. The summed E-state index contributed by atoms with van der Waals surface area (Å²) in [6.07, 6.45) is 1.92. The Bertz CT molecular complexity index is 727. The van der Waals surface area contributed by atoms with Crippen molar-refractivity contribution in [1.29, 1.82) is 0 Å². The third kappa shape index (κ3) is 3.41. The Morgan fingerprint density at radius 1 is 1.27 bits per heavy atom. The van der Waals surface area contributed by atoms with Crippen LogP contribution in [0.4, 0.5) is 0 Å².